The van der Waals surface area contributed by atoms with E-state index in [0.29, 0.717) is 22.9 Å². The van der Waals surface area contributed by atoms with Gasteiger partial charge in [-0.25, -0.2) is 14.4 Å². The topological polar surface area (TPSA) is 92.2 Å². The first-order valence-corrected chi connectivity index (χ1v) is 11.5. The molecule has 0 bridgehead atoms. The summed E-state index contributed by atoms with van der Waals surface area (Å²) in [6, 6.07) is 5.95. The van der Waals surface area contributed by atoms with Crippen molar-refractivity contribution in [3.63, 3.8) is 0 Å². The van der Waals surface area contributed by atoms with Gasteiger partial charge in [-0.1, -0.05) is 0 Å². The molecule has 1 aromatic carbocycles. The molecule has 3 aromatic rings. The molecular weight excluding hydrogens is 429 g/mol. The maximum atomic E-state index is 13.7. The first-order chi connectivity index (χ1) is 15.1. The van der Waals surface area contributed by atoms with E-state index in [9.17, 15) is 19.1 Å². The molecule has 4 rings (SSSR count). The van der Waals surface area contributed by atoms with Gasteiger partial charge in [-0.05, 0) is 64.7 Å². The van der Waals surface area contributed by atoms with Crippen molar-refractivity contribution in [2.24, 2.45) is 5.92 Å². The quantitative estimate of drug-likeness (QED) is 0.523. The predicted molar refractivity (Wildman–Crippen MR) is 123 cm³/mol. The van der Waals surface area contributed by atoms with Crippen LogP contribution in [0.3, 0.4) is 0 Å². The summed E-state index contributed by atoms with van der Waals surface area (Å²) >= 11 is 1.57. The van der Waals surface area contributed by atoms with Crippen LogP contribution in [0.5, 0.6) is 0 Å². The van der Waals surface area contributed by atoms with E-state index in [1.54, 1.807) is 38.2 Å². The fraction of sp³-hybridized carbons (Fsp3) is 0.417. The Morgan fingerprint density at radius 2 is 1.91 bits per heavy atom. The SMILES string of the molecule is Cc1cc(F)cc(C(=O)Nc2cc3sc([C@H]4CC[C@H](C=O)CC4)nc3cc2C(C)(C)O)n1. The highest BCUT2D eigenvalue weighted by atomic mass is 32.1. The van der Waals surface area contributed by atoms with Gasteiger partial charge in [0.15, 0.2) is 0 Å². The van der Waals surface area contributed by atoms with Crippen molar-refractivity contribution in [1.29, 1.82) is 0 Å². The minimum absolute atomic E-state index is 0.0266. The number of amides is 1. The van der Waals surface area contributed by atoms with E-state index < -0.39 is 17.3 Å². The van der Waals surface area contributed by atoms with Gasteiger partial charge in [-0.2, -0.15) is 0 Å². The highest BCUT2D eigenvalue weighted by Gasteiger charge is 2.27. The maximum Gasteiger partial charge on any atom is 0.274 e. The number of carbonyl (C=O) groups excluding carboxylic acids is 2. The Labute approximate surface area is 189 Å². The first-order valence-electron chi connectivity index (χ1n) is 10.7. The number of thiazole rings is 1. The van der Waals surface area contributed by atoms with Crippen LogP contribution in [-0.4, -0.2) is 27.3 Å². The minimum Gasteiger partial charge on any atom is -0.386 e. The standard InChI is InChI=1S/C24H26FN3O3S/c1-13-8-16(25)9-20(26-13)22(30)27-18-11-21-19(10-17(18)24(2,3)31)28-23(32-21)15-6-4-14(12-29)5-7-15/h8-12,14-15,31H,4-7H2,1-3H3,(H,27,30)/t14-,15-. The largest absolute Gasteiger partial charge is 0.386 e. The van der Waals surface area contributed by atoms with Gasteiger partial charge in [0.05, 0.1) is 20.8 Å². The zero-order chi connectivity index (χ0) is 23.0. The zero-order valence-corrected chi connectivity index (χ0v) is 19.1. The van der Waals surface area contributed by atoms with Crippen molar-refractivity contribution >= 4 is 39.4 Å². The van der Waals surface area contributed by atoms with Gasteiger partial charge in [0, 0.05) is 34.8 Å². The molecule has 2 aromatic heterocycles. The smallest absolute Gasteiger partial charge is 0.274 e. The third kappa shape index (κ3) is 4.71. The molecule has 1 aliphatic rings. The molecule has 0 atom stereocenters. The normalized spacial score (nSPS) is 19.2. The van der Waals surface area contributed by atoms with Gasteiger partial charge < -0.3 is 15.2 Å². The van der Waals surface area contributed by atoms with E-state index in [-0.39, 0.29) is 11.6 Å². The Morgan fingerprint density at radius 1 is 1.19 bits per heavy atom. The number of fused-ring (bicyclic) bond motifs is 1. The van der Waals surface area contributed by atoms with E-state index in [1.165, 1.54) is 6.07 Å². The molecular formula is C24H26FN3O3S. The highest BCUT2D eigenvalue weighted by molar-refractivity contribution is 7.18. The summed E-state index contributed by atoms with van der Waals surface area (Å²) in [6.07, 6.45) is 4.65. The Kier molecular flexibility index (Phi) is 6.09. The van der Waals surface area contributed by atoms with Crippen molar-refractivity contribution in [2.45, 2.75) is 58.0 Å². The van der Waals surface area contributed by atoms with E-state index in [0.717, 1.165) is 53.3 Å². The lowest BCUT2D eigenvalue weighted by atomic mass is 9.83. The van der Waals surface area contributed by atoms with Gasteiger partial charge in [-0.15, -0.1) is 11.3 Å². The number of aryl methyl sites for hydroxylation is 1. The Balaban J connectivity index is 1.68. The van der Waals surface area contributed by atoms with Crippen LogP contribution in [0.15, 0.2) is 24.3 Å². The van der Waals surface area contributed by atoms with Crippen LogP contribution in [-0.2, 0) is 10.4 Å². The number of aliphatic hydroxyl groups is 1. The van der Waals surface area contributed by atoms with Crippen LogP contribution in [0.2, 0.25) is 0 Å². The predicted octanol–water partition coefficient (Wildman–Crippen LogP) is 5.09. The van der Waals surface area contributed by atoms with E-state index >= 15 is 0 Å². The van der Waals surface area contributed by atoms with Crippen LogP contribution in [0.1, 0.15) is 72.2 Å². The fourth-order valence-electron chi connectivity index (χ4n) is 4.21. The third-order valence-corrected chi connectivity index (χ3v) is 7.10. The average Bonchev–Trinajstić information content (AvgIpc) is 3.15. The molecule has 1 amide bonds. The highest BCUT2D eigenvalue weighted by Crippen LogP contribution is 2.40. The molecule has 32 heavy (non-hydrogen) atoms. The molecule has 1 aliphatic carbocycles. The van der Waals surface area contributed by atoms with Gasteiger partial charge in [0.25, 0.3) is 5.91 Å². The van der Waals surface area contributed by atoms with E-state index in [1.807, 2.05) is 6.07 Å². The van der Waals surface area contributed by atoms with Crippen LogP contribution in [0.25, 0.3) is 10.2 Å². The Hall–Kier alpha value is -2.71. The monoisotopic (exact) mass is 455 g/mol. The van der Waals surface area contributed by atoms with Crippen LogP contribution in [0, 0.1) is 18.7 Å². The molecule has 2 N–H and O–H groups in total. The molecule has 0 unspecified atom stereocenters. The Morgan fingerprint density at radius 3 is 2.53 bits per heavy atom. The number of pyridine rings is 1. The number of aromatic nitrogens is 2. The molecule has 168 valence electrons. The molecule has 0 saturated heterocycles. The molecule has 8 heteroatoms. The number of hydrogen-bond donors (Lipinski definition) is 2. The molecule has 0 aliphatic heterocycles. The van der Waals surface area contributed by atoms with Crippen molar-refractivity contribution in [2.75, 3.05) is 5.32 Å². The second-order valence-electron chi connectivity index (χ2n) is 8.99. The van der Waals surface area contributed by atoms with Crippen molar-refractivity contribution in [3.8, 4) is 0 Å². The molecule has 2 heterocycles. The second-order valence-corrected chi connectivity index (χ2v) is 10.1. The first kappa shape index (κ1) is 22.5. The number of nitrogens with zero attached hydrogens (tertiary/aromatic N) is 2. The molecule has 1 saturated carbocycles. The summed E-state index contributed by atoms with van der Waals surface area (Å²) in [5.74, 6) is -0.623. The maximum absolute atomic E-state index is 13.7. The molecule has 6 nitrogen and oxygen atoms in total. The zero-order valence-electron chi connectivity index (χ0n) is 18.3. The lowest BCUT2D eigenvalue weighted by molar-refractivity contribution is -0.111. The van der Waals surface area contributed by atoms with Gasteiger partial charge in [0.1, 0.15) is 17.8 Å². The summed E-state index contributed by atoms with van der Waals surface area (Å²) in [6.45, 7) is 4.90. The lowest BCUT2D eigenvalue weighted by Gasteiger charge is -2.23. The summed E-state index contributed by atoms with van der Waals surface area (Å²) in [4.78, 5) is 32.7. The summed E-state index contributed by atoms with van der Waals surface area (Å²) < 4.78 is 14.6. The number of anilines is 1. The lowest BCUT2D eigenvalue weighted by Crippen LogP contribution is -2.21. The third-order valence-electron chi connectivity index (χ3n) is 5.92. The number of aldehydes is 1. The Bertz CT molecular complexity index is 1160. The minimum atomic E-state index is -1.23. The molecule has 0 spiro atoms. The molecule has 1 fully saturated rings. The number of halogens is 1. The average molecular weight is 456 g/mol. The summed E-state index contributed by atoms with van der Waals surface area (Å²) in [7, 11) is 0. The van der Waals surface area contributed by atoms with E-state index in [2.05, 4.69) is 10.3 Å². The molecule has 0 radical (unpaired) electrons. The van der Waals surface area contributed by atoms with Crippen molar-refractivity contribution in [1.82, 2.24) is 9.97 Å². The van der Waals surface area contributed by atoms with Crippen LogP contribution < -0.4 is 5.32 Å². The van der Waals surface area contributed by atoms with Crippen molar-refractivity contribution < 1.29 is 19.1 Å². The number of carbonyl (C=O) groups is 2. The van der Waals surface area contributed by atoms with E-state index in [4.69, 9.17) is 4.98 Å². The van der Waals surface area contributed by atoms with Crippen LogP contribution in [0.4, 0.5) is 10.1 Å². The number of hydrogen-bond acceptors (Lipinski definition) is 6. The number of nitrogens with one attached hydrogen (secondary N) is 1. The van der Waals surface area contributed by atoms with Crippen LogP contribution >= 0.6 is 11.3 Å². The number of benzene rings is 1. The van der Waals surface area contributed by atoms with Crippen molar-refractivity contribution in [3.05, 3.63) is 52.0 Å². The summed E-state index contributed by atoms with van der Waals surface area (Å²) in [5.41, 5.74) is 0.878. The van der Waals surface area contributed by atoms with Gasteiger partial charge in [0.2, 0.25) is 0 Å². The fourth-order valence-corrected chi connectivity index (χ4v) is 5.36. The van der Waals surface area contributed by atoms with Gasteiger partial charge in [-0.3, -0.25) is 4.79 Å². The second kappa shape index (κ2) is 8.67. The van der Waals surface area contributed by atoms with Gasteiger partial charge >= 0.3 is 0 Å². The summed E-state index contributed by atoms with van der Waals surface area (Å²) in [5, 5.41) is 14.5. The number of rotatable bonds is 5.